The quantitative estimate of drug-likeness (QED) is 0.831. The van der Waals surface area contributed by atoms with Crippen LogP contribution in [0.5, 0.6) is 0 Å². The maximum absolute atomic E-state index is 12.0. The highest BCUT2D eigenvalue weighted by molar-refractivity contribution is 6.39. The molecular formula is C18H24N2O4. The molecule has 2 amide bonds. The average molecular weight is 332 g/mol. The molecule has 0 aromatic heterocycles. The van der Waals surface area contributed by atoms with Crippen LogP contribution >= 0.6 is 0 Å². The zero-order valence-corrected chi connectivity index (χ0v) is 14.2. The first-order valence-electron chi connectivity index (χ1n) is 8.46. The summed E-state index contributed by atoms with van der Waals surface area (Å²) < 4.78 is 11.7. The van der Waals surface area contributed by atoms with E-state index in [1.54, 1.807) is 6.07 Å². The molecule has 1 heterocycles. The van der Waals surface area contributed by atoms with E-state index in [1.165, 1.54) is 0 Å². The Bertz CT molecular complexity index is 638. The van der Waals surface area contributed by atoms with Crippen molar-refractivity contribution in [1.82, 2.24) is 5.32 Å². The van der Waals surface area contributed by atoms with Gasteiger partial charge in [0.1, 0.15) is 6.10 Å². The number of ether oxygens (including phenoxy) is 2. The SMILES string of the molecule is Cc1ccc(NC(=O)C(=O)NC[C@H]2COC3(CCCC3)O2)cc1C. The van der Waals surface area contributed by atoms with Crippen molar-refractivity contribution in [3.05, 3.63) is 29.3 Å². The molecule has 2 aliphatic rings. The maximum atomic E-state index is 12.0. The van der Waals surface area contributed by atoms with Gasteiger partial charge in [-0.2, -0.15) is 0 Å². The molecule has 0 radical (unpaired) electrons. The van der Waals surface area contributed by atoms with Crippen molar-refractivity contribution in [2.75, 3.05) is 18.5 Å². The number of nitrogens with one attached hydrogen (secondary N) is 2. The third-order valence-electron chi connectivity index (χ3n) is 4.74. The molecular weight excluding hydrogens is 308 g/mol. The molecule has 0 unspecified atom stereocenters. The zero-order valence-electron chi connectivity index (χ0n) is 14.2. The minimum absolute atomic E-state index is 0.193. The van der Waals surface area contributed by atoms with Gasteiger partial charge >= 0.3 is 11.8 Å². The number of hydrogen-bond acceptors (Lipinski definition) is 4. The molecule has 130 valence electrons. The molecule has 0 bridgehead atoms. The van der Waals surface area contributed by atoms with Crippen LogP contribution < -0.4 is 10.6 Å². The number of hydrogen-bond donors (Lipinski definition) is 2. The molecule has 6 nitrogen and oxygen atoms in total. The second-order valence-electron chi connectivity index (χ2n) is 6.63. The summed E-state index contributed by atoms with van der Waals surface area (Å²) in [6.45, 7) is 4.69. The lowest BCUT2D eigenvalue weighted by Gasteiger charge is -2.21. The molecule has 1 aliphatic carbocycles. The predicted molar refractivity (Wildman–Crippen MR) is 89.6 cm³/mol. The van der Waals surface area contributed by atoms with E-state index in [-0.39, 0.29) is 12.6 Å². The smallest absolute Gasteiger partial charge is 0.313 e. The molecule has 1 aromatic rings. The van der Waals surface area contributed by atoms with Crippen molar-refractivity contribution in [2.24, 2.45) is 0 Å². The Labute approximate surface area is 141 Å². The summed E-state index contributed by atoms with van der Waals surface area (Å²) in [5.74, 6) is -1.78. The number of amides is 2. The Kier molecular flexibility index (Phi) is 4.87. The number of carbonyl (C=O) groups excluding carboxylic acids is 2. The lowest BCUT2D eigenvalue weighted by atomic mass is 10.1. The van der Waals surface area contributed by atoms with Crippen molar-refractivity contribution >= 4 is 17.5 Å². The van der Waals surface area contributed by atoms with Crippen LogP contribution in [0.15, 0.2) is 18.2 Å². The van der Waals surface area contributed by atoms with Gasteiger partial charge in [0.05, 0.1) is 6.61 Å². The topological polar surface area (TPSA) is 76.7 Å². The minimum Gasteiger partial charge on any atom is -0.347 e. The van der Waals surface area contributed by atoms with Gasteiger partial charge in [0.15, 0.2) is 5.79 Å². The Morgan fingerprint density at radius 2 is 1.92 bits per heavy atom. The Morgan fingerprint density at radius 1 is 1.17 bits per heavy atom. The highest BCUT2D eigenvalue weighted by Crippen LogP contribution is 2.38. The highest BCUT2D eigenvalue weighted by Gasteiger charge is 2.43. The fraction of sp³-hybridized carbons (Fsp3) is 0.556. The molecule has 1 saturated carbocycles. The normalized spacial score (nSPS) is 21.8. The van der Waals surface area contributed by atoms with Gasteiger partial charge in [-0.05, 0) is 49.9 Å². The van der Waals surface area contributed by atoms with Crippen LogP contribution in [0.3, 0.4) is 0 Å². The van der Waals surface area contributed by atoms with Crippen molar-refractivity contribution in [2.45, 2.75) is 51.4 Å². The van der Waals surface area contributed by atoms with Crippen molar-refractivity contribution in [3.8, 4) is 0 Å². The Balaban J connectivity index is 1.46. The average Bonchev–Trinajstić information content (AvgIpc) is 3.19. The van der Waals surface area contributed by atoms with Gasteiger partial charge in [-0.3, -0.25) is 9.59 Å². The van der Waals surface area contributed by atoms with Crippen molar-refractivity contribution in [1.29, 1.82) is 0 Å². The van der Waals surface area contributed by atoms with Crippen molar-refractivity contribution in [3.63, 3.8) is 0 Å². The van der Waals surface area contributed by atoms with E-state index < -0.39 is 17.6 Å². The summed E-state index contributed by atoms with van der Waals surface area (Å²) in [5, 5.41) is 5.23. The van der Waals surface area contributed by atoms with E-state index in [0.29, 0.717) is 12.3 Å². The van der Waals surface area contributed by atoms with E-state index in [1.807, 2.05) is 26.0 Å². The molecule has 1 aromatic carbocycles. The predicted octanol–water partition coefficient (Wildman–Crippen LogP) is 2.04. The first-order chi connectivity index (χ1) is 11.5. The summed E-state index contributed by atoms with van der Waals surface area (Å²) in [4.78, 5) is 23.9. The van der Waals surface area contributed by atoms with E-state index in [0.717, 1.165) is 36.8 Å². The lowest BCUT2D eigenvalue weighted by molar-refractivity contribution is -0.161. The number of rotatable bonds is 3. The van der Waals surface area contributed by atoms with E-state index in [9.17, 15) is 9.59 Å². The monoisotopic (exact) mass is 332 g/mol. The standard InChI is InChI=1S/C18H24N2O4/c1-12-5-6-14(9-13(12)2)20-17(22)16(21)19-10-15-11-23-18(24-15)7-3-4-8-18/h5-6,9,15H,3-4,7-8,10-11H2,1-2H3,(H,19,21)(H,20,22)/t15-/m0/s1. The number of aryl methyl sites for hydroxylation is 2. The van der Waals surface area contributed by atoms with E-state index in [4.69, 9.17) is 9.47 Å². The molecule has 2 fully saturated rings. The second-order valence-corrected chi connectivity index (χ2v) is 6.63. The van der Waals surface area contributed by atoms with Gasteiger partial charge in [-0.1, -0.05) is 6.07 Å². The molecule has 1 aliphatic heterocycles. The van der Waals surface area contributed by atoms with Crippen LogP contribution in [0.2, 0.25) is 0 Å². The fourth-order valence-electron chi connectivity index (χ4n) is 3.19. The summed E-state index contributed by atoms with van der Waals surface area (Å²) in [7, 11) is 0. The van der Waals surface area contributed by atoms with Crippen LogP contribution in [0.4, 0.5) is 5.69 Å². The molecule has 6 heteroatoms. The first-order valence-corrected chi connectivity index (χ1v) is 8.46. The molecule has 1 atom stereocenters. The number of benzene rings is 1. The molecule has 1 spiro atoms. The first kappa shape index (κ1) is 16.9. The molecule has 1 saturated heterocycles. The van der Waals surface area contributed by atoms with Crippen LogP contribution in [-0.4, -0.2) is 36.9 Å². The third-order valence-corrected chi connectivity index (χ3v) is 4.74. The van der Waals surface area contributed by atoms with Gasteiger partial charge in [-0.15, -0.1) is 0 Å². The van der Waals surface area contributed by atoms with Crippen LogP contribution in [0, 0.1) is 13.8 Å². The maximum Gasteiger partial charge on any atom is 0.313 e. The zero-order chi connectivity index (χ0) is 17.2. The van der Waals surface area contributed by atoms with Gasteiger partial charge in [-0.25, -0.2) is 0 Å². The summed E-state index contributed by atoms with van der Waals surface area (Å²) >= 11 is 0. The van der Waals surface area contributed by atoms with E-state index >= 15 is 0 Å². The number of carbonyl (C=O) groups is 2. The summed E-state index contributed by atoms with van der Waals surface area (Å²) in [5.41, 5.74) is 2.81. The van der Waals surface area contributed by atoms with Crippen LogP contribution in [0.1, 0.15) is 36.8 Å². The van der Waals surface area contributed by atoms with Crippen molar-refractivity contribution < 1.29 is 19.1 Å². The minimum atomic E-state index is -0.673. The largest absolute Gasteiger partial charge is 0.347 e. The van der Waals surface area contributed by atoms with Crippen LogP contribution in [0.25, 0.3) is 0 Å². The number of anilines is 1. The Hall–Kier alpha value is -1.92. The summed E-state index contributed by atoms with van der Waals surface area (Å²) in [6.07, 6.45) is 3.84. The Morgan fingerprint density at radius 3 is 2.62 bits per heavy atom. The fourth-order valence-corrected chi connectivity index (χ4v) is 3.19. The van der Waals surface area contributed by atoms with Crippen LogP contribution in [-0.2, 0) is 19.1 Å². The molecule has 3 rings (SSSR count). The lowest BCUT2D eigenvalue weighted by Crippen LogP contribution is -2.40. The van der Waals surface area contributed by atoms with Gasteiger partial charge in [0.2, 0.25) is 0 Å². The third kappa shape index (κ3) is 3.76. The molecule has 2 N–H and O–H groups in total. The summed E-state index contributed by atoms with van der Waals surface area (Å²) in [6, 6.07) is 5.54. The molecule has 24 heavy (non-hydrogen) atoms. The van der Waals surface area contributed by atoms with Gasteiger partial charge < -0.3 is 20.1 Å². The van der Waals surface area contributed by atoms with E-state index in [2.05, 4.69) is 10.6 Å². The van der Waals surface area contributed by atoms with Gasteiger partial charge in [0, 0.05) is 25.1 Å². The highest BCUT2D eigenvalue weighted by atomic mass is 16.7. The second kappa shape index (κ2) is 6.91. The van der Waals surface area contributed by atoms with Gasteiger partial charge in [0.25, 0.3) is 0 Å².